The number of pyridine rings is 1. The van der Waals surface area contributed by atoms with Gasteiger partial charge in [-0.3, -0.25) is 4.79 Å². The number of rotatable bonds is 2. The molecule has 3 aromatic rings. The molecule has 3 rings (SSSR count). The van der Waals surface area contributed by atoms with E-state index < -0.39 is 0 Å². The number of para-hydroxylation sites is 1. The minimum atomic E-state index is -0.167. The molecule has 0 aliphatic rings. The Bertz CT molecular complexity index is 778. The number of nitrogens with one attached hydrogen (secondary N) is 1. The Morgan fingerprint density at radius 2 is 1.74 bits per heavy atom. The van der Waals surface area contributed by atoms with Crippen LogP contribution in [0.1, 0.15) is 0 Å². The molecule has 0 amide bonds. The summed E-state index contributed by atoms with van der Waals surface area (Å²) in [5, 5.41) is 0.889. The first kappa shape index (κ1) is 12.2. The van der Waals surface area contributed by atoms with Crippen molar-refractivity contribution in [1.82, 2.24) is 4.98 Å². The number of hydrogen-bond donors (Lipinski definition) is 1. The summed E-state index contributed by atoms with van der Waals surface area (Å²) in [5.41, 5.74) is 0.606. The maximum Gasteiger partial charge on any atom is 0.252 e. The normalized spacial score (nSPS) is 10.6. The summed E-state index contributed by atoms with van der Waals surface area (Å²) in [4.78, 5) is 14.4. The van der Waals surface area contributed by atoms with Gasteiger partial charge in [-0.15, -0.1) is 0 Å². The first-order valence-electron chi connectivity index (χ1n) is 5.78. The van der Waals surface area contributed by atoms with Gasteiger partial charge in [0.15, 0.2) is 0 Å². The van der Waals surface area contributed by atoms with Gasteiger partial charge in [0.1, 0.15) is 11.5 Å². The zero-order valence-electron chi connectivity index (χ0n) is 9.89. The Balaban J connectivity index is 2.09. The highest BCUT2D eigenvalue weighted by atomic mass is 127. The second-order valence-corrected chi connectivity index (χ2v) is 5.35. The monoisotopic (exact) mass is 363 g/mol. The van der Waals surface area contributed by atoms with Crippen LogP contribution in [0.25, 0.3) is 10.9 Å². The van der Waals surface area contributed by atoms with E-state index in [2.05, 4.69) is 27.6 Å². The molecule has 0 aliphatic heterocycles. The summed E-state index contributed by atoms with van der Waals surface area (Å²) in [6.45, 7) is 0. The molecule has 1 heterocycles. The molecule has 0 unspecified atom stereocenters. The number of ether oxygens (including phenoxy) is 1. The van der Waals surface area contributed by atoms with Gasteiger partial charge < -0.3 is 9.72 Å². The maximum absolute atomic E-state index is 11.6. The summed E-state index contributed by atoms with van der Waals surface area (Å²) >= 11 is 2.24. The van der Waals surface area contributed by atoms with Crippen molar-refractivity contribution in [2.45, 2.75) is 0 Å². The highest BCUT2D eigenvalue weighted by Gasteiger charge is 2.05. The minimum absolute atomic E-state index is 0.167. The molecule has 0 atom stereocenters. The fourth-order valence-corrected chi connectivity index (χ4v) is 2.25. The van der Waals surface area contributed by atoms with Gasteiger partial charge in [-0.1, -0.05) is 12.1 Å². The van der Waals surface area contributed by atoms with Crippen LogP contribution in [0.5, 0.6) is 11.5 Å². The summed E-state index contributed by atoms with van der Waals surface area (Å²) in [6.07, 6.45) is 0. The lowest BCUT2D eigenvalue weighted by molar-refractivity contribution is 0.487. The number of benzene rings is 2. The Labute approximate surface area is 123 Å². The van der Waals surface area contributed by atoms with Gasteiger partial charge >= 0.3 is 0 Å². The number of aromatic nitrogens is 1. The summed E-state index contributed by atoms with van der Waals surface area (Å²) in [7, 11) is 0. The summed E-state index contributed by atoms with van der Waals surface area (Å²) in [6, 6.07) is 16.8. The van der Waals surface area contributed by atoms with Gasteiger partial charge in [0.25, 0.3) is 5.56 Å². The molecule has 0 saturated carbocycles. The lowest BCUT2D eigenvalue weighted by atomic mass is 10.2. The third-order valence-electron chi connectivity index (χ3n) is 2.75. The van der Waals surface area contributed by atoms with Crippen LogP contribution in [-0.4, -0.2) is 4.98 Å². The van der Waals surface area contributed by atoms with E-state index in [0.717, 1.165) is 20.2 Å². The maximum atomic E-state index is 11.6. The number of halogens is 1. The lowest BCUT2D eigenvalue weighted by Gasteiger charge is -2.08. The van der Waals surface area contributed by atoms with E-state index in [1.807, 2.05) is 48.5 Å². The largest absolute Gasteiger partial charge is 0.456 e. The zero-order valence-corrected chi connectivity index (χ0v) is 12.0. The molecule has 0 fully saturated rings. The Hall–Kier alpha value is -1.82. The highest BCUT2D eigenvalue weighted by molar-refractivity contribution is 14.1. The van der Waals surface area contributed by atoms with Crippen LogP contribution >= 0.6 is 22.6 Å². The zero-order chi connectivity index (χ0) is 13.2. The van der Waals surface area contributed by atoms with Crippen LogP contribution in [0.2, 0.25) is 0 Å². The van der Waals surface area contributed by atoms with Crippen molar-refractivity contribution in [3.05, 3.63) is 68.5 Å². The molecule has 19 heavy (non-hydrogen) atoms. The van der Waals surface area contributed by atoms with Gasteiger partial charge in [-0.2, -0.15) is 0 Å². The third kappa shape index (κ3) is 2.63. The smallest absolute Gasteiger partial charge is 0.252 e. The second kappa shape index (κ2) is 5.05. The van der Waals surface area contributed by atoms with Gasteiger partial charge in [0.2, 0.25) is 0 Å². The van der Waals surface area contributed by atoms with Gasteiger partial charge in [0, 0.05) is 15.0 Å². The van der Waals surface area contributed by atoms with E-state index in [1.165, 1.54) is 6.07 Å². The van der Waals surface area contributed by atoms with E-state index in [4.69, 9.17) is 4.74 Å². The molecule has 0 spiro atoms. The predicted octanol–water partition coefficient (Wildman–Crippen LogP) is 3.93. The third-order valence-corrected chi connectivity index (χ3v) is 3.47. The molecule has 0 saturated heterocycles. The molecule has 2 aromatic carbocycles. The number of aromatic amines is 1. The average Bonchev–Trinajstić information content (AvgIpc) is 2.41. The van der Waals surface area contributed by atoms with Crippen LogP contribution in [0.15, 0.2) is 59.4 Å². The highest BCUT2D eigenvalue weighted by Crippen LogP contribution is 2.27. The Kier molecular flexibility index (Phi) is 3.25. The second-order valence-electron chi connectivity index (χ2n) is 4.10. The molecule has 94 valence electrons. The minimum Gasteiger partial charge on any atom is -0.456 e. The molecule has 3 nitrogen and oxygen atoms in total. The number of H-pyrrole nitrogens is 1. The van der Waals surface area contributed by atoms with Crippen LogP contribution in [0.4, 0.5) is 0 Å². The van der Waals surface area contributed by atoms with Crippen molar-refractivity contribution >= 4 is 33.5 Å². The SMILES string of the molecule is O=c1cc(Oc2ccc(I)cc2)c2ccccc2[nH]1. The van der Waals surface area contributed by atoms with Gasteiger partial charge in [0.05, 0.1) is 5.52 Å². The Morgan fingerprint density at radius 3 is 2.53 bits per heavy atom. The molecular weight excluding hydrogens is 353 g/mol. The molecular formula is C15H10INO2. The van der Waals surface area contributed by atoms with Crippen molar-refractivity contribution in [2.75, 3.05) is 0 Å². The molecule has 1 aromatic heterocycles. The van der Waals surface area contributed by atoms with E-state index in [-0.39, 0.29) is 5.56 Å². The van der Waals surface area contributed by atoms with Crippen molar-refractivity contribution in [3.63, 3.8) is 0 Å². The molecule has 4 heteroatoms. The molecule has 0 radical (unpaired) electrons. The van der Waals surface area contributed by atoms with Gasteiger partial charge in [-0.25, -0.2) is 0 Å². The van der Waals surface area contributed by atoms with E-state index in [1.54, 1.807) is 0 Å². The quantitative estimate of drug-likeness (QED) is 0.702. The van der Waals surface area contributed by atoms with E-state index in [9.17, 15) is 4.79 Å². The molecule has 0 bridgehead atoms. The fourth-order valence-electron chi connectivity index (χ4n) is 1.89. The fraction of sp³-hybridized carbons (Fsp3) is 0. The topological polar surface area (TPSA) is 42.1 Å². The molecule has 1 N–H and O–H groups in total. The van der Waals surface area contributed by atoms with Crippen molar-refractivity contribution < 1.29 is 4.74 Å². The van der Waals surface area contributed by atoms with Crippen LogP contribution in [0, 0.1) is 3.57 Å². The number of fused-ring (bicyclic) bond motifs is 1. The summed E-state index contributed by atoms with van der Waals surface area (Å²) < 4.78 is 6.94. The average molecular weight is 363 g/mol. The van der Waals surface area contributed by atoms with Crippen LogP contribution < -0.4 is 10.3 Å². The van der Waals surface area contributed by atoms with Crippen LogP contribution in [-0.2, 0) is 0 Å². The van der Waals surface area contributed by atoms with Crippen molar-refractivity contribution in [1.29, 1.82) is 0 Å². The molecule has 0 aliphatic carbocycles. The lowest BCUT2D eigenvalue weighted by Crippen LogP contribution is -2.04. The first-order chi connectivity index (χ1) is 9.22. The van der Waals surface area contributed by atoms with E-state index in [0.29, 0.717) is 5.75 Å². The summed E-state index contributed by atoms with van der Waals surface area (Å²) in [5.74, 6) is 1.29. The van der Waals surface area contributed by atoms with Gasteiger partial charge in [-0.05, 0) is 59.0 Å². The Morgan fingerprint density at radius 1 is 1.00 bits per heavy atom. The van der Waals surface area contributed by atoms with Crippen LogP contribution in [0.3, 0.4) is 0 Å². The standard InChI is InChI=1S/C15H10INO2/c16-10-5-7-11(8-6-10)19-14-9-15(18)17-13-4-2-1-3-12(13)14/h1-9H,(H,17,18). The first-order valence-corrected chi connectivity index (χ1v) is 6.86. The van der Waals surface area contributed by atoms with E-state index >= 15 is 0 Å². The predicted molar refractivity (Wildman–Crippen MR) is 83.8 cm³/mol. The number of hydrogen-bond acceptors (Lipinski definition) is 2. The van der Waals surface area contributed by atoms with Crippen molar-refractivity contribution in [3.8, 4) is 11.5 Å². The van der Waals surface area contributed by atoms with Crippen molar-refractivity contribution in [2.24, 2.45) is 0 Å².